The van der Waals surface area contributed by atoms with Crippen LogP contribution >= 0.6 is 35.3 Å². The molecule has 1 N–H and O–H groups in total. The van der Waals surface area contributed by atoms with Gasteiger partial charge < -0.3 is 14.6 Å². The molecule has 0 saturated heterocycles. The molecule has 134 valence electrons. The molecule has 0 amide bonds. The van der Waals surface area contributed by atoms with Crippen LogP contribution in [0.15, 0.2) is 18.2 Å². The summed E-state index contributed by atoms with van der Waals surface area (Å²) < 4.78 is 7.35. The van der Waals surface area contributed by atoms with Crippen molar-refractivity contribution in [2.45, 2.75) is 20.8 Å². The molecular formula is C18H22IN3O2S. The van der Waals surface area contributed by atoms with E-state index in [1.807, 2.05) is 50.6 Å². The summed E-state index contributed by atoms with van der Waals surface area (Å²) in [5.41, 5.74) is 3.72. The lowest BCUT2D eigenvalue weighted by atomic mass is 10.1. The van der Waals surface area contributed by atoms with E-state index >= 15 is 0 Å². The molecule has 0 unspecified atom stereocenters. The summed E-state index contributed by atoms with van der Waals surface area (Å²) in [6.07, 6.45) is 0. The second-order valence-corrected chi connectivity index (χ2v) is 7.04. The Kier molecular flexibility index (Phi) is 6.10. The SMILES string of the molecule is COc1ccc2c(c1)c(C(=O)CNc1nc(C)c(C)s1)c(C)n2C.I. The Labute approximate surface area is 168 Å². The fraction of sp³-hybridized carbons (Fsp3) is 0.333. The Hall–Kier alpha value is -1.61. The lowest BCUT2D eigenvalue weighted by molar-refractivity contribution is 0.101. The number of hydrogen-bond acceptors (Lipinski definition) is 5. The van der Waals surface area contributed by atoms with Crippen LogP contribution < -0.4 is 10.1 Å². The first-order valence-corrected chi connectivity index (χ1v) is 8.58. The molecule has 2 aromatic heterocycles. The van der Waals surface area contributed by atoms with Gasteiger partial charge in [0.1, 0.15) is 5.75 Å². The summed E-state index contributed by atoms with van der Waals surface area (Å²) in [5, 5.41) is 4.86. The van der Waals surface area contributed by atoms with Crippen molar-refractivity contribution < 1.29 is 9.53 Å². The predicted octanol–water partition coefficient (Wildman–Crippen LogP) is 4.48. The lowest BCUT2D eigenvalue weighted by Crippen LogP contribution is -2.15. The van der Waals surface area contributed by atoms with Crippen LogP contribution in [0.5, 0.6) is 5.75 Å². The minimum absolute atomic E-state index is 0. The Morgan fingerprint density at radius 3 is 2.64 bits per heavy atom. The van der Waals surface area contributed by atoms with Gasteiger partial charge in [-0.1, -0.05) is 0 Å². The van der Waals surface area contributed by atoms with Gasteiger partial charge >= 0.3 is 0 Å². The number of hydrogen-bond donors (Lipinski definition) is 1. The van der Waals surface area contributed by atoms with Crippen LogP contribution in [0.4, 0.5) is 5.13 Å². The van der Waals surface area contributed by atoms with Gasteiger partial charge in [-0.15, -0.1) is 35.3 Å². The molecule has 0 saturated carbocycles. The monoisotopic (exact) mass is 471 g/mol. The van der Waals surface area contributed by atoms with Crippen LogP contribution in [0.25, 0.3) is 10.9 Å². The highest BCUT2D eigenvalue weighted by Crippen LogP contribution is 2.29. The number of fused-ring (bicyclic) bond motifs is 1. The van der Waals surface area contributed by atoms with Crippen molar-refractivity contribution in [3.05, 3.63) is 40.0 Å². The zero-order valence-electron chi connectivity index (χ0n) is 15.0. The van der Waals surface area contributed by atoms with E-state index in [0.29, 0.717) is 0 Å². The molecule has 0 aliphatic rings. The minimum Gasteiger partial charge on any atom is -0.497 e. The average Bonchev–Trinajstić information content (AvgIpc) is 3.02. The maximum absolute atomic E-state index is 12.8. The molecule has 25 heavy (non-hydrogen) atoms. The van der Waals surface area contributed by atoms with Crippen LogP contribution in [0.3, 0.4) is 0 Å². The van der Waals surface area contributed by atoms with Gasteiger partial charge in [0.25, 0.3) is 0 Å². The van der Waals surface area contributed by atoms with Crippen LogP contribution in [-0.4, -0.2) is 29.0 Å². The summed E-state index contributed by atoms with van der Waals surface area (Å²) in [6, 6.07) is 5.82. The molecule has 3 rings (SSSR count). The maximum Gasteiger partial charge on any atom is 0.184 e. The summed E-state index contributed by atoms with van der Waals surface area (Å²) in [5.74, 6) is 0.804. The molecule has 7 heteroatoms. The summed E-state index contributed by atoms with van der Waals surface area (Å²) in [4.78, 5) is 18.4. The van der Waals surface area contributed by atoms with E-state index in [4.69, 9.17) is 4.74 Å². The van der Waals surface area contributed by atoms with Gasteiger partial charge in [0.2, 0.25) is 0 Å². The van der Waals surface area contributed by atoms with Crippen molar-refractivity contribution in [2.75, 3.05) is 19.0 Å². The van der Waals surface area contributed by atoms with Crippen molar-refractivity contribution in [3.63, 3.8) is 0 Å². The van der Waals surface area contributed by atoms with Crippen molar-refractivity contribution in [1.82, 2.24) is 9.55 Å². The van der Waals surface area contributed by atoms with Crippen molar-refractivity contribution >= 4 is 57.1 Å². The van der Waals surface area contributed by atoms with Crippen molar-refractivity contribution in [1.29, 1.82) is 0 Å². The molecule has 0 aliphatic heterocycles. The predicted molar refractivity (Wildman–Crippen MR) is 114 cm³/mol. The number of carbonyl (C=O) groups is 1. The number of methoxy groups -OCH3 is 1. The van der Waals surface area contributed by atoms with E-state index in [1.54, 1.807) is 18.4 Å². The van der Waals surface area contributed by atoms with E-state index < -0.39 is 0 Å². The van der Waals surface area contributed by atoms with Gasteiger partial charge in [0, 0.05) is 34.1 Å². The molecule has 0 bridgehead atoms. The molecule has 0 atom stereocenters. The van der Waals surface area contributed by atoms with E-state index in [2.05, 4.69) is 10.3 Å². The molecule has 2 heterocycles. The highest BCUT2D eigenvalue weighted by atomic mass is 127. The van der Waals surface area contributed by atoms with E-state index in [0.717, 1.165) is 43.6 Å². The van der Waals surface area contributed by atoms with Gasteiger partial charge in [-0.2, -0.15) is 0 Å². The van der Waals surface area contributed by atoms with Crippen molar-refractivity contribution in [3.8, 4) is 5.75 Å². The number of halogens is 1. The Morgan fingerprint density at radius 1 is 1.32 bits per heavy atom. The molecular weight excluding hydrogens is 449 g/mol. The van der Waals surface area contributed by atoms with E-state index in [9.17, 15) is 4.79 Å². The molecule has 3 aromatic rings. The minimum atomic E-state index is 0. The van der Waals surface area contributed by atoms with E-state index in [-0.39, 0.29) is 36.3 Å². The maximum atomic E-state index is 12.8. The van der Waals surface area contributed by atoms with Gasteiger partial charge in [0.15, 0.2) is 10.9 Å². The summed E-state index contributed by atoms with van der Waals surface area (Å²) in [7, 11) is 3.61. The smallest absolute Gasteiger partial charge is 0.184 e. The number of ether oxygens (including phenoxy) is 1. The normalized spacial score (nSPS) is 10.6. The summed E-state index contributed by atoms with van der Waals surface area (Å²) in [6.45, 7) is 6.20. The number of aromatic nitrogens is 2. The first-order valence-electron chi connectivity index (χ1n) is 7.76. The molecule has 0 spiro atoms. The third-order valence-electron chi connectivity index (χ3n) is 4.41. The van der Waals surface area contributed by atoms with E-state index in [1.165, 1.54) is 0 Å². The largest absolute Gasteiger partial charge is 0.497 e. The molecule has 1 aromatic carbocycles. The number of thiazole rings is 1. The fourth-order valence-electron chi connectivity index (χ4n) is 2.82. The summed E-state index contributed by atoms with van der Waals surface area (Å²) >= 11 is 1.57. The number of rotatable bonds is 5. The van der Waals surface area contributed by atoms with Gasteiger partial charge in [-0.25, -0.2) is 4.98 Å². The van der Waals surface area contributed by atoms with Gasteiger partial charge in [-0.05, 0) is 39.0 Å². The molecule has 0 radical (unpaired) electrons. The Morgan fingerprint density at radius 2 is 2.04 bits per heavy atom. The zero-order valence-corrected chi connectivity index (χ0v) is 18.1. The van der Waals surface area contributed by atoms with Crippen LogP contribution in [0, 0.1) is 20.8 Å². The highest BCUT2D eigenvalue weighted by Gasteiger charge is 2.19. The zero-order chi connectivity index (χ0) is 17.4. The number of nitrogens with zero attached hydrogens (tertiary/aromatic N) is 2. The fourth-order valence-corrected chi connectivity index (χ4v) is 3.63. The highest BCUT2D eigenvalue weighted by molar-refractivity contribution is 14.0. The molecule has 5 nitrogen and oxygen atoms in total. The second kappa shape index (κ2) is 7.74. The quantitative estimate of drug-likeness (QED) is 0.441. The van der Waals surface area contributed by atoms with Crippen LogP contribution in [-0.2, 0) is 7.05 Å². The third kappa shape index (κ3) is 3.67. The number of Topliss-reactive ketones (excluding diaryl/α,β-unsaturated/α-hetero) is 1. The number of nitrogens with one attached hydrogen (secondary N) is 1. The number of benzene rings is 1. The molecule has 0 aliphatic carbocycles. The second-order valence-electron chi connectivity index (χ2n) is 5.84. The Bertz CT molecular complexity index is 911. The van der Waals surface area contributed by atoms with Gasteiger partial charge in [0.05, 0.1) is 19.3 Å². The topological polar surface area (TPSA) is 56.1 Å². The average molecular weight is 471 g/mol. The van der Waals surface area contributed by atoms with Gasteiger partial charge in [-0.3, -0.25) is 4.79 Å². The standard InChI is InChI=1S/C18H21N3O2S.HI/c1-10-12(3)24-18(20-10)19-9-16(22)17-11(2)21(4)15-7-6-13(23-5)8-14(15)17;/h6-8H,9H2,1-5H3,(H,19,20);1H. The first-order chi connectivity index (χ1) is 11.4. The first kappa shape index (κ1) is 19.7. The molecule has 0 fully saturated rings. The van der Waals surface area contributed by atoms with Crippen LogP contribution in [0.1, 0.15) is 26.6 Å². The Balaban J connectivity index is 0.00000225. The number of ketones is 1. The number of carbonyl (C=O) groups excluding carboxylic acids is 1. The van der Waals surface area contributed by atoms with Crippen molar-refractivity contribution in [2.24, 2.45) is 7.05 Å². The number of anilines is 1. The van der Waals surface area contributed by atoms with Crippen LogP contribution in [0.2, 0.25) is 0 Å². The lowest BCUT2D eigenvalue weighted by Gasteiger charge is -2.04. The third-order valence-corrected chi connectivity index (χ3v) is 5.44. The number of aryl methyl sites for hydroxylation is 3.